The molecule has 1 heterocycles. The molecule has 1 fully saturated rings. The van der Waals surface area contributed by atoms with E-state index in [-0.39, 0.29) is 17.8 Å². The highest BCUT2D eigenvalue weighted by Crippen LogP contribution is 2.40. The molecule has 0 saturated carbocycles. The molecule has 1 amide bonds. The van der Waals surface area contributed by atoms with Gasteiger partial charge in [-0.3, -0.25) is 9.69 Å². The summed E-state index contributed by atoms with van der Waals surface area (Å²) in [5.74, 6) is 0.745. The van der Waals surface area contributed by atoms with Crippen LogP contribution in [-0.2, 0) is 4.79 Å². The molecule has 0 spiro atoms. The van der Waals surface area contributed by atoms with Crippen LogP contribution in [0.25, 0.3) is 6.08 Å². The van der Waals surface area contributed by atoms with Gasteiger partial charge in [-0.15, -0.1) is 0 Å². The molecule has 158 valence electrons. The first-order chi connectivity index (χ1) is 14.3. The number of likely N-dealkylation sites (N-methyl/N-ethyl adjacent to an activating group) is 1. The number of benzene rings is 2. The standard InChI is InChI=1S/C22H22BrFN2O3S/c1-5-26-21(27)19(30-22(26)25-16-8-6-15(24)7-9-16)12-14-10-17(23)20(29-13(2)3)18(11-14)28-4/h6-13H,5H2,1-4H3/b19-12+,25-22?. The number of rotatable bonds is 6. The van der Waals surface area contributed by atoms with Crippen LogP contribution in [0.15, 0.2) is 50.8 Å². The topological polar surface area (TPSA) is 51.1 Å². The minimum atomic E-state index is -0.327. The van der Waals surface area contributed by atoms with Gasteiger partial charge >= 0.3 is 0 Å². The molecule has 0 radical (unpaired) electrons. The number of hydrogen-bond acceptors (Lipinski definition) is 5. The molecule has 0 unspecified atom stereocenters. The van der Waals surface area contributed by atoms with Crippen LogP contribution in [0.4, 0.5) is 10.1 Å². The molecule has 0 bridgehead atoms. The third kappa shape index (κ3) is 5.05. The van der Waals surface area contributed by atoms with Gasteiger partial charge in [-0.2, -0.15) is 0 Å². The van der Waals surface area contributed by atoms with Crippen molar-refractivity contribution in [3.05, 3.63) is 57.2 Å². The van der Waals surface area contributed by atoms with Crippen molar-refractivity contribution in [2.75, 3.05) is 13.7 Å². The lowest BCUT2D eigenvalue weighted by molar-refractivity contribution is -0.122. The lowest BCUT2D eigenvalue weighted by Crippen LogP contribution is -2.28. The predicted octanol–water partition coefficient (Wildman–Crippen LogP) is 6.01. The van der Waals surface area contributed by atoms with Crippen molar-refractivity contribution in [1.29, 1.82) is 0 Å². The Hall–Kier alpha value is -2.32. The molecule has 3 rings (SSSR count). The number of halogens is 2. The largest absolute Gasteiger partial charge is 0.493 e. The second-order valence-corrected chi connectivity index (χ2v) is 8.60. The van der Waals surface area contributed by atoms with E-state index in [1.54, 1.807) is 30.2 Å². The molecule has 0 aromatic heterocycles. The number of ether oxygens (including phenoxy) is 2. The van der Waals surface area contributed by atoms with Crippen LogP contribution in [-0.4, -0.2) is 35.7 Å². The van der Waals surface area contributed by atoms with Crippen LogP contribution in [0.1, 0.15) is 26.3 Å². The van der Waals surface area contributed by atoms with Crippen molar-refractivity contribution in [3.8, 4) is 11.5 Å². The van der Waals surface area contributed by atoms with Crippen molar-refractivity contribution in [2.45, 2.75) is 26.9 Å². The van der Waals surface area contributed by atoms with Crippen LogP contribution in [0.5, 0.6) is 11.5 Å². The Morgan fingerprint density at radius 2 is 1.97 bits per heavy atom. The fourth-order valence-corrected chi connectivity index (χ4v) is 4.44. The first-order valence-corrected chi connectivity index (χ1v) is 11.0. The highest BCUT2D eigenvalue weighted by molar-refractivity contribution is 9.10. The monoisotopic (exact) mass is 492 g/mol. The number of amides is 1. The summed E-state index contributed by atoms with van der Waals surface area (Å²) >= 11 is 4.81. The Morgan fingerprint density at radius 3 is 2.57 bits per heavy atom. The fraction of sp³-hybridized carbons (Fsp3) is 0.273. The zero-order valence-electron chi connectivity index (χ0n) is 17.1. The molecule has 8 heteroatoms. The molecule has 30 heavy (non-hydrogen) atoms. The Balaban J connectivity index is 1.94. The van der Waals surface area contributed by atoms with E-state index < -0.39 is 0 Å². The van der Waals surface area contributed by atoms with Crippen LogP contribution in [0.2, 0.25) is 0 Å². The number of nitrogens with zero attached hydrogens (tertiary/aromatic N) is 2. The quantitative estimate of drug-likeness (QED) is 0.463. The smallest absolute Gasteiger partial charge is 0.266 e. The lowest BCUT2D eigenvalue weighted by atomic mass is 10.1. The van der Waals surface area contributed by atoms with Gasteiger partial charge in [-0.05, 0) is 96.5 Å². The molecule has 1 aliphatic rings. The van der Waals surface area contributed by atoms with Crippen molar-refractivity contribution >= 4 is 50.5 Å². The number of thioether (sulfide) groups is 1. The molecular formula is C22H22BrFN2O3S. The zero-order valence-corrected chi connectivity index (χ0v) is 19.5. The maximum absolute atomic E-state index is 13.2. The van der Waals surface area contributed by atoms with Gasteiger partial charge in [0, 0.05) is 6.54 Å². The van der Waals surface area contributed by atoms with Crippen molar-refractivity contribution in [3.63, 3.8) is 0 Å². The van der Waals surface area contributed by atoms with E-state index in [1.807, 2.05) is 32.9 Å². The molecule has 1 saturated heterocycles. The van der Waals surface area contributed by atoms with Gasteiger partial charge < -0.3 is 9.47 Å². The average Bonchev–Trinajstić information content (AvgIpc) is 2.99. The lowest BCUT2D eigenvalue weighted by Gasteiger charge is -2.16. The maximum atomic E-state index is 13.2. The predicted molar refractivity (Wildman–Crippen MR) is 123 cm³/mol. The minimum absolute atomic E-state index is 0.00489. The Morgan fingerprint density at radius 1 is 1.27 bits per heavy atom. The van der Waals surface area contributed by atoms with E-state index in [9.17, 15) is 9.18 Å². The van der Waals surface area contributed by atoms with E-state index >= 15 is 0 Å². The number of amidine groups is 1. The average molecular weight is 493 g/mol. The molecule has 2 aromatic carbocycles. The molecule has 0 atom stereocenters. The number of hydrogen-bond donors (Lipinski definition) is 0. The second kappa shape index (κ2) is 9.66. The van der Waals surface area contributed by atoms with Crippen LogP contribution in [0.3, 0.4) is 0 Å². The fourth-order valence-electron chi connectivity index (χ4n) is 2.82. The third-order valence-corrected chi connectivity index (χ3v) is 5.75. The summed E-state index contributed by atoms with van der Waals surface area (Å²) in [6.07, 6.45) is 1.80. The zero-order chi connectivity index (χ0) is 21.8. The van der Waals surface area contributed by atoms with Crippen molar-refractivity contribution < 1.29 is 18.7 Å². The Labute approximate surface area is 188 Å². The summed E-state index contributed by atoms with van der Waals surface area (Å²) in [5.41, 5.74) is 1.38. The van der Waals surface area contributed by atoms with Crippen LogP contribution >= 0.6 is 27.7 Å². The van der Waals surface area contributed by atoms with Gasteiger partial charge in [0.1, 0.15) is 5.82 Å². The molecule has 2 aromatic rings. The number of methoxy groups -OCH3 is 1. The second-order valence-electron chi connectivity index (χ2n) is 6.73. The summed E-state index contributed by atoms with van der Waals surface area (Å²) in [7, 11) is 1.58. The summed E-state index contributed by atoms with van der Waals surface area (Å²) in [5, 5.41) is 0.561. The first-order valence-electron chi connectivity index (χ1n) is 9.42. The third-order valence-electron chi connectivity index (χ3n) is 4.16. The van der Waals surface area contributed by atoms with Crippen LogP contribution in [0, 0.1) is 5.82 Å². The van der Waals surface area contributed by atoms with Gasteiger partial charge in [-0.25, -0.2) is 9.38 Å². The van der Waals surface area contributed by atoms with Crippen molar-refractivity contribution in [2.24, 2.45) is 4.99 Å². The summed E-state index contributed by atoms with van der Waals surface area (Å²) in [6, 6.07) is 9.56. The number of aliphatic imine (C=N–C) groups is 1. The van der Waals surface area contributed by atoms with Gasteiger partial charge in [-0.1, -0.05) is 0 Å². The molecule has 1 aliphatic heterocycles. The molecular weight excluding hydrogens is 471 g/mol. The number of carbonyl (C=O) groups is 1. The van der Waals surface area contributed by atoms with E-state index in [0.29, 0.717) is 33.8 Å². The first kappa shape index (κ1) is 22.4. The van der Waals surface area contributed by atoms with E-state index in [0.717, 1.165) is 10.0 Å². The van der Waals surface area contributed by atoms with Gasteiger partial charge in [0.25, 0.3) is 5.91 Å². The normalized spacial score (nSPS) is 16.8. The summed E-state index contributed by atoms with van der Waals surface area (Å²) in [4.78, 5) is 19.5. The summed E-state index contributed by atoms with van der Waals surface area (Å²) < 4.78 is 25.2. The van der Waals surface area contributed by atoms with E-state index in [4.69, 9.17) is 9.47 Å². The van der Waals surface area contributed by atoms with E-state index in [2.05, 4.69) is 20.9 Å². The van der Waals surface area contributed by atoms with Gasteiger partial charge in [0.15, 0.2) is 16.7 Å². The molecule has 0 aliphatic carbocycles. The van der Waals surface area contributed by atoms with Crippen LogP contribution < -0.4 is 9.47 Å². The molecule has 5 nitrogen and oxygen atoms in total. The maximum Gasteiger partial charge on any atom is 0.266 e. The van der Waals surface area contributed by atoms with Crippen molar-refractivity contribution in [1.82, 2.24) is 4.90 Å². The summed E-state index contributed by atoms with van der Waals surface area (Å²) in [6.45, 7) is 6.25. The SMILES string of the molecule is CCN1C(=O)/C(=C\c2cc(Br)c(OC(C)C)c(OC)c2)SC1=Nc1ccc(F)cc1. The van der Waals surface area contributed by atoms with E-state index in [1.165, 1.54) is 23.9 Å². The Bertz CT molecular complexity index is 1010. The minimum Gasteiger partial charge on any atom is -0.493 e. The Kier molecular flexibility index (Phi) is 7.20. The number of carbonyl (C=O) groups excluding carboxylic acids is 1. The highest BCUT2D eigenvalue weighted by Gasteiger charge is 2.32. The highest BCUT2D eigenvalue weighted by atomic mass is 79.9. The van der Waals surface area contributed by atoms with Gasteiger partial charge in [0.2, 0.25) is 0 Å². The van der Waals surface area contributed by atoms with Gasteiger partial charge in [0.05, 0.1) is 28.3 Å². The molecule has 0 N–H and O–H groups in total.